The summed E-state index contributed by atoms with van der Waals surface area (Å²) < 4.78 is 25.8. The van der Waals surface area contributed by atoms with Gasteiger partial charge < -0.3 is 9.52 Å². The Morgan fingerprint density at radius 1 is 1.20 bits per heavy atom. The van der Waals surface area contributed by atoms with E-state index < -0.39 is 15.9 Å². The Bertz CT molecular complexity index is 439. The molecule has 1 aromatic rings. The molecule has 0 aliphatic heterocycles. The quantitative estimate of drug-likeness (QED) is 0.608. The summed E-state index contributed by atoms with van der Waals surface area (Å²) in [6.45, 7) is 2.95. The molecule has 0 fully saturated rings. The number of hydrogen-bond acceptors (Lipinski definition) is 3. The Morgan fingerprint density at radius 3 is 2.07 bits per heavy atom. The zero-order valence-electron chi connectivity index (χ0n) is 8.89. The number of carbonyl (C=O) groups is 1. The van der Waals surface area contributed by atoms with E-state index in [0.717, 1.165) is 12.5 Å². The third-order valence-electron chi connectivity index (χ3n) is 1.57. The monoisotopic (exact) mass is 251 g/mol. The van der Waals surface area contributed by atoms with Crippen molar-refractivity contribution in [2.24, 2.45) is 0 Å². The summed E-state index contributed by atoms with van der Waals surface area (Å²) in [4.78, 5) is 10.6. The second kappa shape index (κ2) is 6.12. The SMILES string of the molecule is CC(=O)[N-]S(=O)(=O)c1ccc(C)cc1.[K+]. The minimum Gasteiger partial charge on any atom is -0.542 e. The molecule has 15 heavy (non-hydrogen) atoms. The summed E-state index contributed by atoms with van der Waals surface area (Å²) in [6.07, 6.45) is 0. The number of amides is 1. The van der Waals surface area contributed by atoms with E-state index in [1.54, 1.807) is 12.1 Å². The predicted molar refractivity (Wildman–Crippen MR) is 52.4 cm³/mol. The molecule has 6 heteroatoms. The average Bonchev–Trinajstić information content (AvgIpc) is 2.02. The Balaban J connectivity index is 0.00000196. The van der Waals surface area contributed by atoms with Crippen molar-refractivity contribution in [2.75, 3.05) is 0 Å². The minimum atomic E-state index is -3.80. The molecule has 1 rings (SSSR count). The summed E-state index contributed by atoms with van der Waals surface area (Å²) in [5.74, 6) is -0.717. The van der Waals surface area contributed by atoms with Gasteiger partial charge in [0.1, 0.15) is 10.0 Å². The fraction of sp³-hybridized carbons (Fsp3) is 0.222. The summed E-state index contributed by atoms with van der Waals surface area (Å²) in [5, 5.41) is 0. The van der Waals surface area contributed by atoms with Crippen LogP contribution in [0.2, 0.25) is 0 Å². The normalized spacial score (nSPS) is 10.3. The van der Waals surface area contributed by atoms with Crippen LogP contribution in [-0.4, -0.2) is 14.3 Å². The van der Waals surface area contributed by atoms with Crippen LogP contribution in [0.5, 0.6) is 0 Å². The molecule has 0 heterocycles. The molecule has 76 valence electrons. The van der Waals surface area contributed by atoms with Gasteiger partial charge in [-0.25, -0.2) is 8.42 Å². The van der Waals surface area contributed by atoms with E-state index >= 15 is 0 Å². The number of hydrogen-bond donors (Lipinski definition) is 0. The van der Waals surface area contributed by atoms with Gasteiger partial charge in [0.15, 0.2) is 0 Å². The van der Waals surface area contributed by atoms with E-state index in [0.29, 0.717) is 0 Å². The largest absolute Gasteiger partial charge is 1.00 e. The Morgan fingerprint density at radius 2 is 1.67 bits per heavy atom. The van der Waals surface area contributed by atoms with Gasteiger partial charge in [-0.1, -0.05) is 17.7 Å². The second-order valence-corrected chi connectivity index (χ2v) is 4.50. The molecule has 1 amide bonds. The molecule has 0 spiro atoms. The fourth-order valence-electron chi connectivity index (χ4n) is 0.932. The van der Waals surface area contributed by atoms with Crippen molar-refractivity contribution in [3.63, 3.8) is 0 Å². The van der Waals surface area contributed by atoms with Crippen molar-refractivity contribution in [3.05, 3.63) is 34.6 Å². The van der Waals surface area contributed by atoms with Crippen LogP contribution < -0.4 is 51.4 Å². The Labute approximate surface area is 132 Å². The van der Waals surface area contributed by atoms with Crippen molar-refractivity contribution in [3.8, 4) is 0 Å². The summed E-state index contributed by atoms with van der Waals surface area (Å²) >= 11 is 0. The molecule has 0 N–H and O–H groups in total. The van der Waals surface area contributed by atoms with Crippen LogP contribution in [0.25, 0.3) is 4.72 Å². The van der Waals surface area contributed by atoms with Crippen LogP contribution in [0.4, 0.5) is 0 Å². The molecule has 0 saturated heterocycles. The van der Waals surface area contributed by atoms with Crippen molar-refractivity contribution in [1.82, 2.24) is 0 Å². The van der Waals surface area contributed by atoms with Crippen molar-refractivity contribution in [1.29, 1.82) is 0 Å². The average molecular weight is 251 g/mol. The topological polar surface area (TPSA) is 65.3 Å². The summed E-state index contributed by atoms with van der Waals surface area (Å²) in [5.41, 5.74) is 0.951. The van der Waals surface area contributed by atoms with Gasteiger partial charge in [-0.2, -0.15) is 0 Å². The molecule has 0 saturated carbocycles. The zero-order valence-corrected chi connectivity index (χ0v) is 12.8. The molecule has 1 aromatic carbocycles. The predicted octanol–water partition coefficient (Wildman–Crippen LogP) is -1.39. The van der Waals surface area contributed by atoms with Crippen LogP contribution in [-0.2, 0) is 14.8 Å². The molecule has 0 bridgehead atoms. The molecular formula is C9H10KNO3S. The maximum Gasteiger partial charge on any atom is 1.00 e. The first kappa shape index (κ1) is 15.3. The van der Waals surface area contributed by atoms with Crippen LogP contribution in [0.1, 0.15) is 12.5 Å². The van der Waals surface area contributed by atoms with Gasteiger partial charge in [0.2, 0.25) is 0 Å². The Hall–Kier alpha value is 0.276. The molecule has 0 unspecified atom stereocenters. The van der Waals surface area contributed by atoms with Crippen LogP contribution in [0.15, 0.2) is 29.2 Å². The maximum absolute atomic E-state index is 11.4. The van der Waals surface area contributed by atoms with E-state index in [2.05, 4.69) is 4.72 Å². The van der Waals surface area contributed by atoms with Gasteiger partial charge in [0, 0.05) is 0 Å². The smallest absolute Gasteiger partial charge is 0.542 e. The van der Waals surface area contributed by atoms with Gasteiger partial charge in [0.05, 0.1) is 10.8 Å². The molecule has 0 radical (unpaired) electrons. The first-order chi connectivity index (χ1) is 6.42. The van der Waals surface area contributed by atoms with Crippen molar-refractivity contribution >= 4 is 15.9 Å². The van der Waals surface area contributed by atoms with Gasteiger partial charge in [-0.15, -0.1) is 0 Å². The van der Waals surface area contributed by atoms with Crippen LogP contribution in [0.3, 0.4) is 0 Å². The number of rotatable bonds is 2. The maximum atomic E-state index is 11.4. The molecule has 0 atom stereocenters. The molecule has 4 nitrogen and oxygen atoms in total. The number of sulfonamides is 1. The van der Waals surface area contributed by atoms with Gasteiger partial charge in [-0.3, -0.25) is 0 Å². The van der Waals surface area contributed by atoms with E-state index in [1.165, 1.54) is 12.1 Å². The fourth-order valence-corrected chi connectivity index (χ4v) is 1.86. The molecule has 0 aliphatic carbocycles. The minimum absolute atomic E-state index is 0. The zero-order chi connectivity index (χ0) is 10.8. The summed E-state index contributed by atoms with van der Waals surface area (Å²) in [7, 11) is -3.80. The van der Waals surface area contributed by atoms with E-state index in [4.69, 9.17) is 0 Å². The van der Waals surface area contributed by atoms with E-state index in [1.807, 2.05) is 6.92 Å². The summed E-state index contributed by atoms with van der Waals surface area (Å²) in [6, 6.07) is 6.17. The van der Waals surface area contributed by atoms with Crippen molar-refractivity contribution in [2.45, 2.75) is 18.7 Å². The third kappa shape index (κ3) is 4.75. The van der Waals surface area contributed by atoms with E-state index in [9.17, 15) is 13.2 Å². The number of benzene rings is 1. The number of nitrogens with zero attached hydrogens (tertiary/aromatic N) is 1. The second-order valence-electron chi connectivity index (χ2n) is 2.90. The first-order valence-electron chi connectivity index (χ1n) is 3.97. The molecule has 0 aromatic heterocycles. The molecule has 0 aliphatic rings. The molecular weight excluding hydrogens is 241 g/mol. The standard InChI is InChI=1S/C9H11NO3S.K/c1-7-3-5-9(6-4-7)14(12,13)10-8(2)11;/h3-6H,1-2H3,(H,10,11);/q;+1/p-1. The van der Waals surface area contributed by atoms with Crippen molar-refractivity contribution < 1.29 is 64.6 Å². The van der Waals surface area contributed by atoms with Crippen LogP contribution in [0, 0.1) is 6.92 Å². The number of aryl methyl sites for hydroxylation is 1. The van der Waals surface area contributed by atoms with Gasteiger partial charge in [-0.05, 0) is 26.0 Å². The van der Waals surface area contributed by atoms with E-state index in [-0.39, 0.29) is 56.3 Å². The Kier molecular flexibility index (Phi) is 6.23. The third-order valence-corrected chi connectivity index (χ3v) is 2.93. The first-order valence-corrected chi connectivity index (χ1v) is 5.41. The van der Waals surface area contributed by atoms with Gasteiger partial charge >= 0.3 is 51.4 Å². The van der Waals surface area contributed by atoms with Gasteiger partial charge in [0.25, 0.3) is 0 Å². The van der Waals surface area contributed by atoms with Crippen LogP contribution >= 0.6 is 0 Å². The number of carbonyl (C=O) groups excluding carboxylic acids is 1.